The molecule has 0 spiro atoms. The molecule has 0 bridgehead atoms. The van der Waals surface area contributed by atoms with Gasteiger partial charge in [-0.25, -0.2) is 0 Å². The standard InChI is InChI=1S/C7H13ClO/c1-3-4-6(2)7(9)5-8/h6H,3-5H2,1-2H3. The van der Waals surface area contributed by atoms with E-state index in [0.717, 1.165) is 12.8 Å². The highest BCUT2D eigenvalue weighted by Gasteiger charge is 2.08. The molecule has 0 aliphatic rings. The molecule has 0 fully saturated rings. The SMILES string of the molecule is CCCC(C)C(=O)CCl. The van der Waals surface area contributed by atoms with Crippen molar-refractivity contribution in [2.24, 2.45) is 5.92 Å². The molecule has 0 aromatic rings. The monoisotopic (exact) mass is 148 g/mol. The molecule has 0 saturated carbocycles. The van der Waals surface area contributed by atoms with E-state index in [4.69, 9.17) is 11.6 Å². The van der Waals surface area contributed by atoms with Gasteiger partial charge in [0, 0.05) is 5.92 Å². The third kappa shape index (κ3) is 3.52. The fourth-order valence-corrected chi connectivity index (χ4v) is 0.989. The highest BCUT2D eigenvalue weighted by molar-refractivity contribution is 6.27. The predicted octanol–water partition coefficient (Wildman–Crippen LogP) is 2.23. The Labute approximate surface area is 61.4 Å². The van der Waals surface area contributed by atoms with Crippen molar-refractivity contribution in [3.05, 3.63) is 0 Å². The number of ketones is 1. The number of carbonyl (C=O) groups is 1. The predicted molar refractivity (Wildman–Crippen MR) is 39.8 cm³/mol. The van der Waals surface area contributed by atoms with Gasteiger partial charge in [0.05, 0.1) is 5.88 Å². The number of carbonyl (C=O) groups excluding carboxylic acids is 1. The van der Waals surface area contributed by atoms with Crippen molar-refractivity contribution in [2.75, 3.05) is 5.88 Å². The van der Waals surface area contributed by atoms with E-state index in [0.29, 0.717) is 0 Å². The van der Waals surface area contributed by atoms with Gasteiger partial charge in [-0.1, -0.05) is 20.3 Å². The first-order valence-electron chi connectivity index (χ1n) is 3.31. The van der Waals surface area contributed by atoms with Crippen LogP contribution in [0.3, 0.4) is 0 Å². The second kappa shape index (κ2) is 4.80. The summed E-state index contributed by atoms with van der Waals surface area (Å²) in [6.45, 7) is 3.99. The number of halogens is 1. The van der Waals surface area contributed by atoms with Gasteiger partial charge >= 0.3 is 0 Å². The smallest absolute Gasteiger partial charge is 0.150 e. The van der Waals surface area contributed by atoms with Gasteiger partial charge in [-0.3, -0.25) is 4.79 Å². The van der Waals surface area contributed by atoms with Gasteiger partial charge in [0.25, 0.3) is 0 Å². The molecule has 1 unspecified atom stereocenters. The van der Waals surface area contributed by atoms with Crippen LogP contribution in [0.25, 0.3) is 0 Å². The van der Waals surface area contributed by atoms with Crippen molar-refractivity contribution in [2.45, 2.75) is 26.7 Å². The molecule has 0 N–H and O–H groups in total. The molecule has 0 heterocycles. The molecule has 54 valence electrons. The van der Waals surface area contributed by atoms with Crippen molar-refractivity contribution in [3.63, 3.8) is 0 Å². The summed E-state index contributed by atoms with van der Waals surface area (Å²) in [6.07, 6.45) is 2.02. The van der Waals surface area contributed by atoms with Crippen LogP contribution < -0.4 is 0 Å². The molecule has 0 aliphatic heterocycles. The Morgan fingerprint density at radius 1 is 1.67 bits per heavy atom. The minimum atomic E-state index is 0.160. The number of Topliss-reactive ketones (excluding diaryl/α,β-unsaturated/α-hetero) is 1. The van der Waals surface area contributed by atoms with E-state index >= 15 is 0 Å². The molecule has 1 atom stereocenters. The first-order chi connectivity index (χ1) is 4.22. The zero-order valence-corrected chi connectivity index (χ0v) is 6.74. The Kier molecular flexibility index (Phi) is 4.78. The topological polar surface area (TPSA) is 17.1 Å². The summed E-state index contributed by atoms with van der Waals surface area (Å²) in [5.41, 5.74) is 0. The highest BCUT2D eigenvalue weighted by atomic mass is 35.5. The molecule has 0 aromatic carbocycles. The zero-order chi connectivity index (χ0) is 7.28. The van der Waals surface area contributed by atoms with Crippen LogP contribution >= 0.6 is 11.6 Å². The van der Waals surface area contributed by atoms with Gasteiger partial charge in [-0.15, -0.1) is 11.6 Å². The molecule has 0 aliphatic carbocycles. The fourth-order valence-electron chi connectivity index (χ4n) is 0.726. The van der Waals surface area contributed by atoms with Crippen LogP contribution in [0.1, 0.15) is 26.7 Å². The molecular weight excluding hydrogens is 136 g/mol. The summed E-state index contributed by atoms with van der Waals surface area (Å²) in [7, 11) is 0. The molecule has 0 amide bonds. The van der Waals surface area contributed by atoms with Gasteiger partial charge in [0.2, 0.25) is 0 Å². The number of rotatable bonds is 4. The first kappa shape index (κ1) is 8.96. The minimum Gasteiger partial charge on any atom is -0.298 e. The normalized spacial score (nSPS) is 13.2. The largest absolute Gasteiger partial charge is 0.298 e. The van der Waals surface area contributed by atoms with Gasteiger partial charge in [-0.2, -0.15) is 0 Å². The summed E-state index contributed by atoms with van der Waals surface area (Å²) in [5.74, 6) is 0.493. The molecule has 0 radical (unpaired) electrons. The lowest BCUT2D eigenvalue weighted by Crippen LogP contribution is -2.11. The third-order valence-electron chi connectivity index (χ3n) is 1.40. The second-order valence-corrected chi connectivity index (χ2v) is 2.56. The Morgan fingerprint density at radius 2 is 2.22 bits per heavy atom. The lowest BCUT2D eigenvalue weighted by Gasteiger charge is -2.04. The first-order valence-corrected chi connectivity index (χ1v) is 3.84. The average Bonchev–Trinajstić information content (AvgIpc) is 1.87. The van der Waals surface area contributed by atoms with Crippen LogP contribution in [-0.2, 0) is 4.79 Å². The lowest BCUT2D eigenvalue weighted by atomic mass is 10.0. The van der Waals surface area contributed by atoms with Crippen LogP contribution in [-0.4, -0.2) is 11.7 Å². The molecule has 1 nitrogen and oxygen atoms in total. The highest BCUT2D eigenvalue weighted by Crippen LogP contribution is 2.06. The Balaban J connectivity index is 3.45. The van der Waals surface area contributed by atoms with Crippen LogP contribution in [0.5, 0.6) is 0 Å². The Bertz CT molecular complexity index is 90.9. The van der Waals surface area contributed by atoms with Crippen LogP contribution in [0.15, 0.2) is 0 Å². The molecule has 9 heavy (non-hydrogen) atoms. The number of alkyl halides is 1. The maximum Gasteiger partial charge on any atom is 0.150 e. The lowest BCUT2D eigenvalue weighted by molar-refractivity contribution is -0.120. The van der Waals surface area contributed by atoms with Gasteiger partial charge in [-0.05, 0) is 6.42 Å². The third-order valence-corrected chi connectivity index (χ3v) is 1.67. The molecule has 0 saturated heterocycles. The van der Waals surface area contributed by atoms with E-state index in [1.54, 1.807) is 0 Å². The van der Waals surface area contributed by atoms with Gasteiger partial charge in [0.1, 0.15) is 5.78 Å². The zero-order valence-electron chi connectivity index (χ0n) is 5.98. The van der Waals surface area contributed by atoms with Crippen molar-refractivity contribution in [3.8, 4) is 0 Å². The fraction of sp³-hybridized carbons (Fsp3) is 0.857. The van der Waals surface area contributed by atoms with E-state index in [1.807, 2.05) is 6.92 Å². The summed E-state index contributed by atoms with van der Waals surface area (Å²) in [5, 5.41) is 0. The maximum absolute atomic E-state index is 10.8. The van der Waals surface area contributed by atoms with Gasteiger partial charge in [0.15, 0.2) is 0 Å². The van der Waals surface area contributed by atoms with E-state index in [2.05, 4.69) is 6.92 Å². The van der Waals surface area contributed by atoms with Crippen LogP contribution in [0, 0.1) is 5.92 Å². The van der Waals surface area contributed by atoms with E-state index in [-0.39, 0.29) is 17.6 Å². The average molecular weight is 149 g/mol. The van der Waals surface area contributed by atoms with Crippen molar-refractivity contribution < 1.29 is 4.79 Å². The van der Waals surface area contributed by atoms with Crippen molar-refractivity contribution in [1.29, 1.82) is 0 Å². The maximum atomic E-state index is 10.8. The molecule has 0 aromatic heterocycles. The Morgan fingerprint density at radius 3 is 2.56 bits per heavy atom. The van der Waals surface area contributed by atoms with Crippen LogP contribution in [0.2, 0.25) is 0 Å². The van der Waals surface area contributed by atoms with Crippen LogP contribution in [0.4, 0.5) is 0 Å². The molecule has 2 heteroatoms. The second-order valence-electron chi connectivity index (χ2n) is 2.29. The van der Waals surface area contributed by atoms with E-state index in [1.165, 1.54) is 0 Å². The summed E-state index contributed by atoms with van der Waals surface area (Å²) >= 11 is 5.33. The quantitative estimate of drug-likeness (QED) is 0.559. The summed E-state index contributed by atoms with van der Waals surface area (Å²) in [6, 6.07) is 0. The summed E-state index contributed by atoms with van der Waals surface area (Å²) in [4.78, 5) is 10.8. The number of hydrogen-bond acceptors (Lipinski definition) is 1. The van der Waals surface area contributed by atoms with E-state index < -0.39 is 0 Å². The number of hydrogen-bond donors (Lipinski definition) is 0. The van der Waals surface area contributed by atoms with E-state index in [9.17, 15) is 4.79 Å². The molecular formula is C7H13ClO. The van der Waals surface area contributed by atoms with Crippen molar-refractivity contribution in [1.82, 2.24) is 0 Å². The Hall–Kier alpha value is -0.0400. The summed E-state index contributed by atoms with van der Waals surface area (Å²) < 4.78 is 0. The van der Waals surface area contributed by atoms with Gasteiger partial charge < -0.3 is 0 Å². The van der Waals surface area contributed by atoms with Crippen molar-refractivity contribution >= 4 is 17.4 Å². The molecule has 0 rings (SSSR count). The minimum absolute atomic E-state index is 0.160.